The second-order valence-corrected chi connectivity index (χ2v) is 5.44. The van der Waals surface area contributed by atoms with Crippen LogP contribution in [0.3, 0.4) is 0 Å². The van der Waals surface area contributed by atoms with Crippen LogP contribution in [0.4, 0.5) is 0 Å². The van der Waals surface area contributed by atoms with E-state index < -0.39 is 0 Å². The zero-order valence-electron chi connectivity index (χ0n) is 12.0. The fraction of sp³-hybridized carbons (Fsp3) is 0.923. The molecule has 0 aromatic heterocycles. The summed E-state index contributed by atoms with van der Waals surface area (Å²) in [6.07, 6.45) is 2.28. The maximum Gasteiger partial charge on any atom is 0.234 e. The first-order valence-corrected chi connectivity index (χ1v) is 6.72. The first-order chi connectivity index (χ1) is 8.02. The van der Waals surface area contributed by atoms with Crippen molar-refractivity contribution in [3.8, 4) is 0 Å². The second kappa shape index (κ2) is 8.73. The van der Waals surface area contributed by atoms with E-state index in [2.05, 4.69) is 36.3 Å². The molecule has 1 aliphatic heterocycles. The molecule has 1 amide bonds. The summed E-state index contributed by atoms with van der Waals surface area (Å²) < 4.78 is 0. The summed E-state index contributed by atoms with van der Waals surface area (Å²) in [6.45, 7) is 8.92. The van der Waals surface area contributed by atoms with Gasteiger partial charge >= 0.3 is 0 Å². The normalized spacial score (nSPS) is 19.4. The fourth-order valence-corrected chi connectivity index (χ4v) is 2.05. The molecule has 0 aliphatic carbocycles. The number of nitrogens with zero attached hydrogens (tertiary/aromatic N) is 1. The van der Waals surface area contributed by atoms with Gasteiger partial charge in [-0.1, -0.05) is 13.8 Å². The Balaban J connectivity index is 0.00000289. The minimum Gasteiger partial charge on any atom is -0.352 e. The van der Waals surface area contributed by atoms with Gasteiger partial charge in [-0.25, -0.2) is 0 Å². The summed E-state index contributed by atoms with van der Waals surface area (Å²) in [5, 5.41) is 6.35. The predicted molar refractivity (Wildman–Crippen MR) is 78.2 cm³/mol. The highest BCUT2D eigenvalue weighted by atomic mass is 35.5. The monoisotopic (exact) mass is 277 g/mol. The summed E-state index contributed by atoms with van der Waals surface area (Å²) >= 11 is 0. The predicted octanol–water partition coefficient (Wildman–Crippen LogP) is 1.25. The van der Waals surface area contributed by atoms with Crippen LogP contribution in [0.1, 0.15) is 33.6 Å². The molecule has 1 unspecified atom stereocenters. The Kier molecular flexibility index (Phi) is 8.57. The van der Waals surface area contributed by atoms with Gasteiger partial charge in [0, 0.05) is 25.2 Å². The summed E-state index contributed by atoms with van der Waals surface area (Å²) in [5.41, 5.74) is 0. The molecule has 1 heterocycles. The minimum absolute atomic E-state index is 0. The Hall–Kier alpha value is -0.320. The van der Waals surface area contributed by atoms with Gasteiger partial charge in [-0.2, -0.15) is 0 Å². The number of piperidine rings is 1. The van der Waals surface area contributed by atoms with Crippen LogP contribution in [0.25, 0.3) is 0 Å². The van der Waals surface area contributed by atoms with Crippen LogP contribution in [0.2, 0.25) is 0 Å². The SMILES string of the molecule is CNC1CCN(CC(=O)NC(C)C(C)C)CC1.Cl. The topological polar surface area (TPSA) is 44.4 Å². The van der Waals surface area contributed by atoms with Gasteiger partial charge in [-0.05, 0) is 32.7 Å². The summed E-state index contributed by atoms with van der Waals surface area (Å²) in [5.74, 6) is 0.656. The van der Waals surface area contributed by atoms with Crippen LogP contribution >= 0.6 is 12.4 Å². The molecule has 1 aliphatic rings. The van der Waals surface area contributed by atoms with E-state index in [0.717, 1.165) is 25.9 Å². The van der Waals surface area contributed by atoms with Gasteiger partial charge in [-0.15, -0.1) is 12.4 Å². The van der Waals surface area contributed by atoms with E-state index in [1.807, 2.05) is 7.05 Å². The maximum atomic E-state index is 11.8. The van der Waals surface area contributed by atoms with Gasteiger partial charge in [0.2, 0.25) is 5.91 Å². The van der Waals surface area contributed by atoms with Crippen molar-refractivity contribution >= 4 is 18.3 Å². The third-order valence-electron chi connectivity index (χ3n) is 3.75. The average Bonchev–Trinajstić information content (AvgIpc) is 2.29. The lowest BCUT2D eigenvalue weighted by Crippen LogP contribution is -2.47. The third-order valence-corrected chi connectivity index (χ3v) is 3.75. The van der Waals surface area contributed by atoms with Gasteiger partial charge in [0.1, 0.15) is 0 Å². The number of carbonyl (C=O) groups is 1. The Labute approximate surface area is 117 Å². The number of amides is 1. The Morgan fingerprint density at radius 1 is 1.28 bits per heavy atom. The van der Waals surface area contributed by atoms with Crippen molar-refractivity contribution in [2.45, 2.75) is 45.7 Å². The van der Waals surface area contributed by atoms with Gasteiger partial charge in [-0.3, -0.25) is 9.69 Å². The first-order valence-electron chi connectivity index (χ1n) is 6.72. The lowest BCUT2D eigenvalue weighted by molar-refractivity contribution is -0.123. The zero-order chi connectivity index (χ0) is 12.8. The lowest BCUT2D eigenvalue weighted by Gasteiger charge is -2.31. The number of halogens is 1. The van der Waals surface area contributed by atoms with Crippen molar-refractivity contribution in [3.05, 3.63) is 0 Å². The molecule has 2 N–H and O–H groups in total. The molecule has 1 saturated heterocycles. The van der Waals surface area contributed by atoms with Crippen LogP contribution in [-0.2, 0) is 4.79 Å². The molecule has 108 valence electrons. The van der Waals surface area contributed by atoms with E-state index in [1.54, 1.807) is 0 Å². The maximum absolute atomic E-state index is 11.8. The summed E-state index contributed by atoms with van der Waals surface area (Å²) in [6, 6.07) is 0.890. The summed E-state index contributed by atoms with van der Waals surface area (Å²) in [4.78, 5) is 14.1. The van der Waals surface area contributed by atoms with E-state index in [9.17, 15) is 4.79 Å². The molecule has 18 heavy (non-hydrogen) atoms. The largest absolute Gasteiger partial charge is 0.352 e. The van der Waals surface area contributed by atoms with Crippen molar-refractivity contribution in [2.24, 2.45) is 5.92 Å². The van der Waals surface area contributed by atoms with Crippen molar-refractivity contribution in [1.82, 2.24) is 15.5 Å². The number of hydrogen-bond donors (Lipinski definition) is 2. The number of carbonyl (C=O) groups excluding carboxylic acids is 1. The number of rotatable bonds is 5. The standard InChI is InChI=1S/C13H27N3O.ClH/c1-10(2)11(3)15-13(17)9-16-7-5-12(14-4)6-8-16;/h10-12,14H,5-9H2,1-4H3,(H,15,17);1H. The van der Waals surface area contributed by atoms with Gasteiger partial charge in [0.25, 0.3) is 0 Å². The van der Waals surface area contributed by atoms with E-state index in [1.165, 1.54) is 0 Å². The number of nitrogens with one attached hydrogen (secondary N) is 2. The average molecular weight is 278 g/mol. The van der Waals surface area contributed by atoms with Crippen LogP contribution in [0.15, 0.2) is 0 Å². The molecular formula is C13H28ClN3O. The molecule has 1 fully saturated rings. The molecule has 0 aromatic rings. The van der Waals surface area contributed by atoms with Crippen molar-refractivity contribution in [3.63, 3.8) is 0 Å². The van der Waals surface area contributed by atoms with Gasteiger partial charge in [0.05, 0.1) is 6.54 Å². The van der Waals surface area contributed by atoms with Crippen LogP contribution in [0, 0.1) is 5.92 Å². The molecular weight excluding hydrogens is 250 g/mol. The third kappa shape index (κ3) is 6.03. The molecule has 0 bridgehead atoms. The molecule has 1 atom stereocenters. The van der Waals surface area contributed by atoms with E-state index >= 15 is 0 Å². The first kappa shape index (κ1) is 17.7. The minimum atomic E-state index is 0. The number of likely N-dealkylation sites (tertiary alicyclic amines) is 1. The Morgan fingerprint density at radius 3 is 2.28 bits per heavy atom. The molecule has 5 heteroatoms. The van der Waals surface area contributed by atoms with E-state index in [4.69, 9.17) is 0 Å². The molecule has 0 aromatic carbocycles. The van der Waals surface area contributed by atoms with Crippen molar-refractivity contribution in [2.75, 3.05) is 26.7 Å². The smallest absolute Gasteiger partial charge is 0.234 e. The number of hydrogen-bond acceptors (Lipinski definition) is 3. The van der Waals surface area contributed by atoms with Crippen molar-refractivity contribution in [1.29, 1.82) is 0 Å². The highest BCUT2D eigenvalue weighted by Gasteiger charge is 2.20. The second-order valence-electron chi connectivity index (χ2n) is 5.44. The highest BCUT2D eigenvalue weighted by Crippen LogP contribution is 2.09. The molecule has 0 spiro atoms. The zero-order valence-corrected chi connectivity index (χ0v) is 12.8. The fourth-order valence-electron chi connectivity index (χ4n) is 2.05. The molecule has 4 nitrogen and oxygen atoms in total. The molecule has 0 saturated carbocycles. The quantitative estimate of drug-likeness (QED) is 0.795. The van der Waals surface area contributed by atoms with Crippen LogP contribution < -0.4 is 10.6 Å². The van der Waals surface area contributed by atoms with Crippen LogP contribution in [0.5, 0.6) is 0 Å². The van der Waals surface area contributed by atoms with Crippen LogP contribution in [-0.4, -0.2) is 49.6 Å². The highest BCUT2D eigenvalue weighted by molar-refractivity contribution is 5.85. The lowest BCUT2D eigenvalue weighted by atomic mass is 10.1. The van der Waals surface area contributed by atoms with E-state index in [0.29, 0.717) is 18.5 Å². The van der Waals surface area contributed by atoms with Crippen molar-refractivity contribution < 1.29 is 4.79 Å². The van der Waals surface area contributed by atoms with E-state index in [-0.39, 0.29) is 24.4 Å². The van der Waals surface area contributed by atoms with Gasteiger partial charge in [0.15, 0.2) is 0 Å². The Bertz CT molecular complexity index is 240. The molecule has 1 rings (SSSR count). The molecule has 0 radical (unpaired) electrons. The van der Waals surface area contributed by atoms with Gasteiger partial charge < -0.3 is 10.6 Å². The Morgan fingerprint density at radius 2 is 1.83 bits per heavy atom. The summed E-state index contributed by atoms with van der Waals surface area (Å²) in [7, 11) is 2.01.